The van der Waals surface area contributed by atoms with Crippen molar-refractivity contribution in [1.82, 2.24) is 20.1 Å². The zero-order chi connectivity index (χ0) is 11.7. The molecule has 17 heavy (non-hydrogen) atoms. The Balaban J connectivity index is 1.75. The molecule has 3 rings (SSSR count). The first kappa shape index (κ1) is 10.3. The highest BCUT2D eigenvalue weighted by Crippen LogP contribution is 2.15. The molecule has 3 heterocycles. The van der Waals surface area contributed by atoms with Gasteiger partial charge in [-0.2, -0.15) is 0 Å². The molecule has 1 aliphatic rings. The van der Waals surface area contributed by atoms with Crippen LogP contribution in [0.3, 0.4) is 0 Å². The highest BCUT2D eigenvalue weighted by molar-refractivity contribution is 5.20. The molecule has 88 valence electrons. The average molecular weight is 230 g/mol. The number of hydrogen-bond acceptors (Lipinski definition) is 3. The second-order valence-corrected chi connectivity index (χ2v) is 4.36. The van der Waals surface area contributed by atoms with Crippen LogP contribution in [0.25, 0.3) is 0 Å². The van der Waals surface area contributed by atoms with Gasteiger partial charge in [0.05, 0.1) is 5.69 Å². The Kier molecular flexibility index (Phi) is 2.53. The number of nitrogens with zero attached hydrogens (tertiary/aromatic N) is 2. The van der Waals surface area contributed by atoms with Crippen molar-refractivity contribution in [1.29, 1.82) is 0 Å². The SMILES string of the molecule is O=c1[nH][nH]c2c1CCN(Cc1cccnc1)C2. The number of H-pyrrole nitrogens is 2. The molecule has 0 atom stereocenters. The van der Waals surface area contributed by atoms with Gasteiger partial charge in [0.25, 0.3) is 5.56 Å². The summed E-state index contributed by atoms with van der Waals surface area (Å²) in [5.41, 5.74) is 3.16. The van der Waals surface area contributed by atoms with Crippen LogP contribution in [0.15, 0.2) is 29.3 Å². The van der Waals surface area contributed by atoms with E-state index >= 15 is 0 Å². The van der Waals surface area contributed by atoms with Crippen LogP contribution >= 0.6 is 0 Å². The summed E-state index contributed by atoms with van der Waals surface area (Å²) in [7, 11) is 0. The summed E-state index contributed by atoms with van der Waals surface area (Å²) in [5, 5.41) is 5.59. The fourth-order valence-corrected chi connectivity index (χ4v) is 2.28. The quantitative estimate of drug-likeness (QED) is 0.796. The summed E-state index contributed by atoms with van der Waals surface area (Å²) in [6.45, 7) is 2.59. The van der Waals surface area contributed by atoms with E-state index in [9.17, 15) is 4.79 Å². The maximum Gasteiger partial charge on any atom is 0.267 e. The zero-order valence-corrected chi connectivity index (χ0v) is 9.44. The van der Waals surface area contributed by atoms with E-state index in [1.165, 1.54) is 5.56 Å². The first-order valence-electron chi connectivity index (χ1n) is 5.72. The van der Waals surface area contributed by atoms with Crippen molar-refractivity contribution in [3.63, 3.8) is 0 Å². The van der Waals surface area contributed by atoms with E-state index in [0.29, 0.717) is 0 Å². The van der Waals surface area contributed by atoms with Crippen LogP contribution in [-0.2, 0) is 19.5 Å². The van der Waals surface area contributed by atoms with Gasteiger partial charge in [-0.3, -0.25) is 19.8 Å². The third-order valence-corrected chi connectivity index (χ3v) is 3.15. The second-order valence-electron chi connectivity index (χ2n) is 4.36. The fourth-order valence-electron chi connectivity index (χ4n) is 2.28. The Hall–Kier alpha value is -1.88. The lowest BCUT2D eigenvalue weighted by atomic mass is 10.1. The molecular formula is C12H14N4O. The van der Waals surface area contributed by atoms with Gasteiger partial charge in [-0.15, -0.1) is 0 Å². The molecule has 2 aromatic heterocycles. The first-order chi connectivity index (χ1) is 8.33. The van der Waals surface area contributed by atoms with Crippen molar-refractivity contribution in [2.45, 2.75) is 19.5 Å². The average Bonchev–Trinajstić information content (AvgIpc) is 2.72. The predicted molar refractivity (Wildman–Crippen MR) is 63.5 cm³/mol. The molecular weight excluding hydrogens is 216 g/mol. The van der Waals surface area contributed by atoms with Crippen LogP contribution < -0.4 is 5.56 Å². The maximum atomic E-state index is 11.4. The number of aromatic nitrogens is 3. The molecule has 1 aliphatic heterocycles. The van der Waals surface area contributed by atoms with E-state index in [1.54, 1.807) is 6.20 Å². The number of aromatic amines is 2. The topological polar surface area (TPSA) is 64.8 Å². The molecule has 0 unspecified atom stereocenters. The van der Waals surface area contributed by atoms with Gasteiger partial charge >= 0.3 is 0 Å². The van der Waals surface area contributed by atoms with E-state index < -0.39 is 0 Å². The zero-order valence-electron chi connectivity index (χ0n) is 9.44. The number of nitrogens with one attached hydrogen (secondary N) is 2. The van der Waals surface area contributed by atoms with Crippen molar-refractivity contribution in [3.05, 3.63) is 51.7 Å². The number of rotatable bonds is 2. The van der Waals surface area contributed by atoms with Gasteiger partial charge in [0, 0.05) is 37.6 Å². The van der Waals surface area contributed by atoms with Crippen molar-refractivity contribution < 1.29 is 0 Å². The van der Waals surface area contributed by atoms with Gasteiger partial charge in [-0.1, -0.05) is 6.07 Å². The van der Waals surface area contributed by atoms with Gasteiger partial charge in [0.1, 0.15) is 0 Å². The molecule has 5 heteroatoms. The highest BCUT2D eigenvalue weighted by Gasteiger charge is 2.20. The van der Waals surface area contributed by atoms with Crippen LogP contribution in [-0.4, -0.2) is 26.6 Å². The molecule has 0 saturated heterocycles. The Morgan fingerprint density at radius 3 is 3.18 bits per heavy atom. The first-order valence-corrected chi connectivity index (χ1v) is 5.72. The van der Waals surface area contributed by atoms with Crippen molar-refractivity contribution in [2.75, 3.05) is 6.54 Å². The van der Waals surface area contributed by atoms with Crippen molar-refractivity contribution in [3.8, 4) is 0 Å². The molecule has 0 fully saturated rings. The molecule has 0 bridgehead atoms. The summed E-state index contributed by atoms with van der Waals surface area (Å²) in [5.74, 6) is 0. The summed E-state index contributed by atoms with van der Waals surface area (Å²) < 4.78 is 0. The van der Waals surface area contributed by atoms with Gasteiger partial charge in [-0.25, -0.2) is 0 Å². The van der Waals surface area contributed by atoms with Gasteiger partial charge in [-0.05, 0) is 18.1 Å². The smallest absolute Gasteiger partial charge is 0.267 e. The Labute approximate surface area is 98.5 Å². The Bertz CT molecular complexity index is 557. The van der Waals surface area contributed by atoms with Crippen LogP contribution in [0.4, 0.5) is 0 Å². The summed E-state index contributed by atoms with van der Waals surface area (Å²) in [4.78, 5) is 17.8. The van der Waals surface area contributed by atoms with Gasteiger partial charge in [0.15, 0.2) is 0 Å². The van der Waals surface area contributed by atoms with Gasteiger partial charge in [0.2, 0.25) is 0 Å². The molecule has 2 N–H and O–H groups in total. The lowest BCUT2D eigenvalue weighted by molar-refractivity contribution is 0.242. The Morgan fingerprint density at radius 1 is 1.41 bits per heavy atom. The monoisotopic (exact) mass is 230 g/mol. The molecule has 0 amide bonds. The lowest BCUT2D eigenvalue weighted by Crippen LogP contribution is -2.31. The second kappa shape index (κ2) is 4.18. The normalized spacial score (nSPS) is 15.8. The minimum atomic E-state index is 0.0287. The fraction of sp³-hybridized carbons (Fsp3) is 0.333. The number of hydrogen-bond donors (Lipinski definition) is 2. The Morgan fingerprint density at radius 2 is 2.35 bits per heavy atom. The van der Waals surface area contributed by atoms with Crippen LogP contribution in [0, 0.1) is 0 Å². The minimum absolute atomic E-state index is 0.0287. The van der Waals surface area contributed by atoms with E-state index in [4.69, 9.17) is 0 Å². The van der Waals surface area contributed by atoms with E-state index in [0.717, 1.165) is 37.3 Å². The standard InChI is InChI=1S/C12H14N4O/c17-12-10-3-5-16(8-11(10)14-15-12)7-9-2-1-4-13-6-9/h1-2,4,6H,3,5,7-8H2,(H2,14,15,17). The molecule has 0 aliphatic carbocycles. The minimum Gasteiger partial charge on any atom is -0.301 e. The maximum absolute atomic E-state index is 11.4. The molecule has 0 saturated carbocycles. The number of pyridine rings is 1. The lowest BCUT2D eigenvalue weighted by Gasteiger charge is -2.25. The van der Waals surface area contributed by atoms with Crippen molar-refractivity contribution >= 4 is 0 Å². The third kappa shape index (κ3) is 2.01. The van der Waals surface area contributed by atoms with Crippen molar-refractivity contribution in [2.24, 2.45) is 0 Å². The summed E-state index contributed by atoms with van der Waals surface area (Å²) >= 11 is 0. The van der Waals surface area contributed by atoms with Crippen LogP contribution in [0.2, 0.25) is 0 Å². The highest BCUT2D eigenvalue weighted by atomic mass is 16.1. The molecule has 5 nitrogen and oxygen atoms in total. The van der Waals surface area contributed by atoms with Crippen LogP contribution in [0.1, 0.15) is 16.8 Å². The van der Waals surface area contributed by atoms with Gasteiger partial charge < -0.3 is 5.10 Å². The summed E-state index contributed by atoms with van der Waals surface area (Å²) in [6.07, 6.45) is 4.48. The van der Waals surface area contributed by atoms with E-state index in [1.807, 2.05) is 12.3 Å². The van der Waals surface area contributed by atoms with Crippen LogP contribution in [0.5, 0.6) is 0 Å². The molecule has 0 aromatic carbocycles. The molecule has 2 aromatic rings. The van der Waals surface area contributed by atoms with E-state index in [2.05, 4.69) is 26.1 Å². The largest absolute Gasteiger partial charge is 0.301 e. The summed E-state index contributed by atoms with van der Waals surface area (Å²) in [6, 6.07) is 4.02. The molecule has 0 radical (unpaired) electrons. The third-order valence-electron chi connectivity index (χ3n) is 3.15. The molecule has 0 spiro atoms. The van der Waals surface area contributed by atoms with E-state index in [-0.39, 0.29) is 5.56 Å². The number of fused-ring (bicyclic) bond motifs is 1. The predicted octanol–water partition coefficient (Wildman–Crippen LogP) is 0.656.